The van der Waals surface area contributed by atoms with Crippen LogP contribution in [0.3, 0.4) is 0 Å². The lowest BCUT2D eigenvalue weighted by atomic mass is 10.1. The summed E-state index contributed by atoms with van der Waals surface area (Å²) in [6.45, 7) is 4.78. The number of carbonyl (C=O) groups excluding carboxylic acids is 4. The number of carbonyl (C=O) groups is 4. The molecule has 3 N–H and O–H groups in total. The van der Waals surface area contributed by atoms with E-state index in [1.165, 1.54) is 103 Å². The SMILES string of the molecule is CCCCC/C=C\C/C=C\CCCCCCCC(=O)OC[C@H](COP(=O)(O)OC[C@@H](O)COP(=O)(O)OC[C@@H](COC(=O)CCCCCCC/C=C\CCCCCCCC)OC(=O)CCCCCCC/C=C\C/C=C\CCCCC)OC(=O)CCCCCCC/C=C\C=C/CCCCCC. The average molecular weight is 1450 g/mol. The quantitative estimate of drug-likeness (QED) is 0.0128. The lowest BCUT2D eigenvalue weighted by molar-refractivity contribution is -0.161. The van der Waals surface area contributed by atoms with Crippen LogP contribution in [0.4, 0.5) is 0 Å². The van der Waals surface area contributed by atoms with E-state index in [4.69, 9.17) is 37.0 Å². The van der Waals surface area contributed by atoms with Gasteiger partial charge in [0, 0.05) is 25.7 Å². The summed E-state index contributed by atoms with van der Waals surface area (Å²) in [6.07, 6.45) is 75.5. The van der Waals surface area contributed by atoms with Gasteiger partial charge in [0.15, 0.2) is 12.2 Å². The number of hydrogen-bond acceptors (Lipinski definition) is 15. The molecule has 0 aromatic carbocycles. The van der Waals surface area contributed by atoms with Gasteiger partial charge in [-0.3, -0.25) is 37.3 Å². The second kappa shape index (κ2) is 73.5. The summed E-state index contributed by atoms with van der Waals surface area (Å²) < 4.78 is 68.6. The topological polar surface area (TPSA) is 237 Å². The Labute approximate surface area is 608 Å². The zero-order chi connectivity index (χ0) is 73.2. The molecule has 0 aliphatic rings. The van der Waals surface area contributed by atoms with E-state index < -0.39 is 97.5 Å². The molecule has 17 nitrogen and oxygen atoms in total. The van der Waals surface area contributed by atoms with Crippen molar-refractivity contribution in [2.75, 3.05) is 39.6 Å². The number of aliphatic hydroxyl groups is 1. The Morgan fingerprint density at radius 3 is 0.840 bits per heavy atom. The van der Waals surface area contributed by atoms with E-state index in [2.05, 4.69) is 113 Å². The highest BCUT2D eigenvalue weighted by atomic mass is 31.2. The van der Waals surface area contributed by atoms with Gasteiger partial charge in [-0.2, -0.15) is 0 Å². The van der Waals surface area contributed by atoms with E-state index in [1.807, 2.05) is 0 Å². The molecule has 0 spiro atoms. The lowest BCUT2D eigenvalue weighted by Gasteiger charge is -2.21. The fourth-order valence-electron chi connectivity index (χ4n) is 10.7. The standard InChI is InChI=1S/C81H144O17P2/c1-5-9-13-17-21-25-29-33-37-41-45-49-53-57-61-65-78(83)91-71-76(97-80(85)67-63-59-55-51-47-43-39-35-31-27-23-19-15-11-7-3)73-95-99(87,88)93-69-75(82)70-94-100(89,90)96-74-77(98-81(86)68-64-60-56-52-48-44-40-36-32-28-24-20-16-12-8-4)72-92-79(84)66-62-58-54-50-46-42-38-34-30-26-22-18-14-10-6-2/h21,24-25,27-28,31,33-40,75-77,82H,5-20,22-23,26,29-30,32,41-74H2,1-4H3,(H,87,88)(H,89,90)/b25-21-,28-24-,31-27-,37-33-,38-34-,39-35-,40-36-/t75-,76-,77-/m1/s1. The van der Waals surface area contributed by atoms with Crippen molar-refractivity contribution >= 4 is 39.5 Å². The normalized spacial score (nSPS) is 14.3. The molecule has 0 heterocycles. The van der Waals surface area contributed by atoms with Crippen LogP contribution in [0.2, 0.25) is 0 Å². The molecule has 19 heteroatoms. The number of rotatable bonds is 75. The molecule has 5 atom stereocenters. The molecule has 0 amide bonds. The molecule has 0 radical (unpaired) electrons. The number of esters is 4. The van der Waals surface area contributed by atoms with Crippen LogP contribution in [0.5, 0.6) is 0 Å². The van der Waals surface area contributed by atoms with Crippen LogP contribution in [0.25, 0.3) is 0 Å². The van der Waals surface area contributed by atoms with Crippen molar-refractivity contribution in [3.8, 4) is 0 Å². The molecule has 100 heavy (non-hydrogen) atoms. The maximum atomic E-state index is 13.1. The van der Waals surface area contributed by atoms with Crippen LogP contribution >= 0.6 is 15.6 Å². The monoisotopic (exact) mass is 1450 g/mol. The van der Waals surface area contributed by atoms with E-state index in [0.29, 0.717) is 25.7 Å². The Bertz CT molecular complexity index is 2230. The van der Waals surface area contributed by atoms with Gasteiger partial charge in [0.2, 0.25) is 0 Å². The smallest absolute Gasteiger partial charge is 0.462 e. The summed E-state index contributed by atoms with van der Waals surface area (Å²) in [7, 11) is -9.96. The highest BCUT2D eigenvalue weighted by Gasteiger charge is 2.30. The van der Waals surface area contributed by atoms with Crippen molar-refractivity contribution in [2.45, 2.75) is 367 Å². The first-order chi connectivity index (χ1) is 48.7. The molecule has 0 aliphatic carbocycles. The first-order valence-corrected chi connectivity index (χ1v) is 42.8. The summed E-state index contributed by atoms with van der Waals surface area (Å²) in [5.41, 5.74) is 0. The van der Waals surface area contributed by atoms with Crippen molar-refractivity contribution in [1.82, 2.24) is 0 Å². The van der Waals surface area contributed by atoms with E-state index >= 15 is 0 Å². The van der Waals surface area contributed by atoms with Gasteiger partial charge in [0.25, 0.3) is 0 Å². The largest absolute Gasteiger partial charge is 0.472 e. The number of phosphoric ester groups is 2. The van der Waals surface area contributed by atoms with Gasteiger partial charge in [0.1, 0.15) is 19.3 Å². The van der Waals surface area contributed by atoms with Crippen molar-refractivity contribution in [3.63, 3.8) is 0 Å². The molecule has 0 aromatic heterocycles. The lowest BCUT2D eigenvalue weighted by Crippen LogP contribution is -2.30. The number of ether oxygens (including phenoxy) is 4. The van der Waals surface area contributed by atoms with E-state index in [0.717, 1.165) is 167 Å². The zero-order valence-corrected chi connectivity index (χ0v) is 65.2. The van der Waals surface area contributed by atoms with Gasteiger partial charge in [-0.1, -0.05) is 267 Å². The Morgan fingerprint density at radius 2 is 0.520 bits per heavy atom. The summed E-state index contributed by atoms with van der Waals surface area (Å²) in [6, 6.07) is 0. The van der Waals surface area contributed by atoms with Crippen molar-refractivity contribution in [1.29, 1.82) is 0 Å². The minimum Gasteiger partial charge on any atom is -0.462 e. The summed E-state index contributed by atoms with van der Waals surface area (Å²) in [5.74, 6) is -2.21. The van der Waals surface area contributed by atoms with Crippen molar-refractivity contribution < 1.29 is 80.2 Å². The predicted molar refractivity (Wildman–Crippen MR) is 409 cm³/mol. The summed E-state index contributed by atoms with van der Waals surface area (Å²) >= 11 is 0. The molecule has 0 bridgehead atoms. The number of aliphatic hydroxyl groups excluding tert-OH is 1. The van der Waals surface area contributed by atoms with Crippen LogP contribution in [-0.4, -0.2) is 96.7 Å². The molecule has 580 valence electrons. The Balaban J connectivity index is 5.38. The van der Waals surface area contributed by atoms with Crippen LogP contribution in [-0.2, 0) is 65.4 Å². The van der Waals surface area contributed by atoms with E-state index in [-0.39, 0.29) is 25.7 Å². The highest BCUT2D eigenvalue weighted by Crippen LogP contribution is 2.45. The predicted octanol–water partition coefficient (Wildman–Crippen LogP) is 23.0. The second-order valence-corrected chi connectivity index (χ2v) is 29.6. The van der Waals surface area contributed by atoms with Crippen molar-refractivity contribution in [2.24, 2.45) is 0 Å². The Morgan fingerprint density at radius 1 is 0.290 bits per heavy atom. The maximum absolute atomic E-state index is 13.1. The van der Waals surface area contributed by atoms with Crippen LogP contribution in [0.1, 0.15) is 349 Å². The maximum Gasteiger partial charge on any atom is 0.472 e. The Hall–Kier alpha value is -3.76. The molecule has 0 fully saturated rings. The molecule has 2 unspecified atom stereocenters. The average Bonchev–Trinajstić information content (AvgIpc) is 1.01. The molecule has 0 aromatic rings. The molecule has 0 saturated carbocycles. The van der Waals surface area contributed by atoms with Gasteiger partial charge in [-0.05, 0) is 141 Å². The molecular formula is C81H144O17P2. The third-order valence-corrected chi connectivity index (χ3v) is 18.7. The van der Waals surface area contributed by atoms with Gasteiger partial charge < -0.3 is 33.8 Å². The van der Waals surface area contributed by atoms with Crippen LogP contribution in [0.15, 0.2) is 85.1 Å². The molecule has 0 saturated heterocycles. The minimum atomic E-state index is -4.98. The first kappa shape index (κ1) is 96.2. The van der Waals surface area contributed by atoms with E-state index in [9.17, 15) is 43.2 Å². The molecule has 0 rings (SSSR count). The van der Waals surface area contributed by atoms with Crippen molar-refractivity contribution in [3.05, 3.63) is 85.1 Å². The molecular weight excluding hydrogens is 1310 g/mol. The van der Waals surface area contributed by atoms with Crippen LogP contribution < -0.4 is 0 Å². The van der Waals surface area contributed by atoms with Gasteiger partial charge in [-0.25, -0.2) is 9.13 Å². The first-order valence-electron chi connectivity index (χ1n) is 39.8. The van der Waals surface area contributed by atoms with Crippen LogP contribution in [0, 0.1) is 0 Å². The Kier molecular flexibility index (Phi) is 70.8. The van der Waals surface area contributed by atoms with Gasteiger partial charge in [0.05, 0.1) is 26.4 Å². The fourth-order valence-corrected chi connectivity index (χ4v) is 12.3. The van der Waals surface area contributed by atoms with Gasteiger partial charge >= 0.3 is 39.5 Å². The summed E-state index contributed by atoms with van der Waals surface area (Å²) in [4.78, 5) is 73.0. The van der Waals surface area contributed by atoms with Gasteiger partial charge in [-0.15, -0.1) is 0 Å². The third kappa shape index (κ3) is 72.6. The van der Waals surface area contributed by atoms with E-state index in [1.54, 1.807) is 0 Å². The third-order valence-electron chi connectivity index (χ3n) is 16.8. The number of allylic oxidation sites excluding steroid dienone is 14. The number of unbranched alkanes of at least 4 members (excludes halogenated alkanes) is 36. The minimum absolute atomic E-state index is 0.0752. The molecule has 0 aliphatic heterocycles. The number of phosphoric acid groups is 2. The zero-order valence-electron chi connectivity index (χ0n) is 63.4. The number of hydrogen-bond donors (Lipinski definition) is 3. The highest BCUT2D eigenvalue weighted by molar-refractivity contribution is 7.47. The fraction of sp³-hybridized carbons (Fsp3) is 0.778. The summed E-state index contributed by atoms with van der Waals surface area (Å²) in [5, 5.41) is 10.6. The second-order valence-electron chi connectivity index (χ2n) is 26.7.